The molecule has 0 atom stereocenters. The minimum atomic E-state index is 0.101. The number of hydrogen-bond acceptors (Lipinski definition) is 6. The normalized spacial score (nSPS) is 11.4. The van der Waals surface area contributed by atoms with Gasteiger partial charge in [0.2, 0.25) is 0 Å². The van der Waals surface area contributed by atoms with Crippen molar-refractivity contribution in [3.05, 3.63) is 0 Å². The molecular weight excluding hydrogens is 320 g/mol. The number of carbonyl (C=O) groups excluding carboxylic acids is 2. The Labute approximate surface area is 142 Å². The van der Waals surface area contributed by atoms with Crippen LogP contribution >= 0.6 is 21.6 Å². The van der Waals surface area contributed by atoms with E-state index in [0.717, 1.165) is 11.5 Å². The molecule has 4 nitrogen and oxygen atoms in total. The average Bonchev–Trinajstić information content (AvgIpc) is 2.47. The van der Waals surface area contributed by atoms with Gasteiger partial charge in [-0.15, -0.1) is 0 Å². The zero-order chi connectivity index (χ0) is 16.8. The molecule has 0 amide bonds. The van der Waals surface area contributed by atoms with Crippen LogP contribution in [0.25, 0.3) is 0 Å². The molecule has 0 aromatic heterocycles. The summed E-state index contributed by atoms with van der Waals surface area (Å²) in [5.41, 5.74) is 0. The highest BCUT2D eigenvalue weighted by Gasteiger charge is 2.07. The third-order valence-electron chi connectivity index (χ3n) is 2.98. The second-order valence-electron chi connectivity index (χ2n) is 5.61. The third-order valence-corrected chi connectivity index (χ3v) is 5.31. The highest BCUT2D eigenvalue weighted by Crippen LogP contribution is 2.20. The van der Waals surface area contributed by atoms with E-state index in [2.05, 4.69) is 0 Å². The van der Waals surface area contributed by atoms with Crippen LogP contribution in [0.4, 0.5) is 0 Å². The van der Waals surface area contributed by atoms with E-state index < -0.39 is 0 Å². The van der Waals surface area contributed by atoms with Crippen molar-refractivity contribution in [1.29, 1.82) is 0 Å². The van der Waals surface area contributed by atoms with Gasteiger partial charge in [-0.3, -0.25) is 9.59 Å². The average molecular weight is 351 g/mol. The maximum atomic E-state index is 11.4. The molecule has 0 aliphatic rings. The molecule has 0 aliphatic carbocycles. The van der Waals surface area contributed by atoms with Crippen molar-refractivity contribution in [2.24, 2.45) is 11.8 Å². The summed E-state index contributed by atoms with van der Waals surface area (Å²) in [5.74, 6) is 2.54. The lowest BCUT2D eigenvalue weighted by molar-refractivity contribution is -0.123. The molecule has 0 spiro atoms. The van der Waals surface area contributed by atoms with E-state index in [9.17, 15) is 9.59 Å². The lowest BCUT2D eigenvalue weighted by Crippen LogP contribution is -2.11. The molecule has 0 radical (unpaired) electrons. The Morgan fingerprint density at radius 1 is 0.727 bits per heavy atom. The summed E-state index contributed by atoms with van der Waals surface area (Å²) in [6.07, 6.45) is 1.02. The summed E-state index contributed by atoms with van der Waals surface area (Å²) in [4.78, 5) is 22.7. The smallest absolute Gasteiger partial charge is 0.137 e. The van der Waals surface area contributed by atoms with E-state index in [-0.39, 0.29) is 23.4 Å². The highest BCUT2D eigenvalue weighted by molar-refractivity contribution is 8.76. The van der Waals surface area contributed by atoms with E-state index in [1.165, 1.54) is 0 Å². The van der Waals surface area contributed by atoms with E-state index in [0.29, 0.717) is 39.3 Å². The molecule has 0 saturated carbocycles. The van der Waals surface area contributed by atoms with Gasteiger partial charge in [0.05, 0.1) is 26.4 Å². The van der Waals surface area contributed by atoms with Crippen LogP contribution in [0.5, 0.6) is 0 Å². The minimum Gasteiger partial charge on any atom is -0.380 e. The molecule has 6 heteroatoms. The van der Waals surface area contributed by atoms with Crippen LogP contribution in [-0.4, -0.2) is 49.5 Å². The van der Waals surface area contributed by atoms with Crippen LogP contribution in [0.15, 0.2) is 0 Å². The van der Waals surface area contributed by atoms with Crippen LogP contribution in [0.2, 0.25) is 0 Å². The van der Waals surface area contributed by atoms with Gasteiger partial charge in [-0.2, -0.15) is 0 Å². The topological polar surface area (TPSA) is 52.6 Å². The van der Waals surface area contributed by atoms with E-state index in [1.54, 1.807) is 21.6 Å². The van der Waals surface area contributed by atoms with Crippen LogP contribution < -0.4 is 0 Å². The summed E-state index contributed by atoms with van der Waals surface area (Å²) in [5, 5.41) is 0. The Morgan fingerprint density at radius 3 is 1.41 bits per heavy atom. The number of hydrogen-bond donors (Lipinski definition) is 0. The molecule has 0 fully saturated rings. The van der Waals surface area contributed by atoms with Crippen molar-refractivity contribution in [3.63, 3.8) is 0 Å². The van der Waals surface area contributed by atoms with Crippen LogP contribution in [0, 0.1) is 11.8 Å². The predicted octanol–water partition coefficient (Wildman–Crippen LogP) is 3.63. The van der Waals surface area contributed by atoms with Gasteiger partial charge in [0, 0.05) is 36.2 Å². The second-order valence-corrected chi connectivity index (χ2v) is 8.31. The maximum absolute atomic E-state index is 11.4. The molecule has 0 rings (SSSR count). The first-order valence-corrected chi connectivity index (χ1v) is 10.4. The van der Waals surface area contributed by atoms with Gasteiger partial charge >= 0.3 is 0 Å². The van der Waals surface area contributed by atoms with Crippen LogP contribution in [0.3, 0.4) is 0 Å². The van der Waals surface area contributed by atoms with Gasteiger partial charge in [0.25, 0.3) is 0 Å². The standard InChI is InChI=1S/C16H30O4S2/c1-13(2)15(17)5-7-19-9-11-21-22-12-10-20-8-6-16(18)14(3)4/h13-14H,5-12H2,1-4H3. The molecule has 0 aromatic rings. The van der Waals surface area contributed by atoms with E-state index >= 15 is 0 Å². The SMILES string of the molecule is CC(C)C(=O)CCOCCSSCCOCCC(=O)C(C)C. The van der Waals surface area contributed by atoms with Gasteiger partial charge in [0.1, 0.15) is 11.6 Å². The van der Waals surface area contributed by atoms with Gasteiger partial charge in [0.15, 0.2) is 0 Å². The monoisotopic (exact) mass is 350 g/mol. The maximum Gasteiger partial charge on any atom is 0.137 e. The Kier molecular flexibility index (Phi) is 14.5. The number of carbonyl (C=O) groups is 2. The van der Waals surface area contributed by atoms with Crippen molar-refractivity contribution in [2.45, 2.75) is 40.5 Å². The van der Waals surface area contributed by atoms with Gasteiger partial charge in [-0.25, -0.2) is 0 Å². The summed E-state index contributed by atoms with van der Waals surface area (Å²) < 4.78 is 10.8. The molecular formula is C16H30O4S2. The molecule has 0 heterocycles. The first-order chi connectivity index (χ1) is 10.4. The van der Waals surface area contributed by atoms with E-state index in [1.807, 2.05) is 27.7 Å². The van der Waals surface area contributed by atoms with Gasteiger partial charge < -0.3 is 9.47 Å². The highest BCUT2D eigenvalue weighted by atomic mass is 33.1. The minimum absolute atomic E-state index is 0.101. The quantitative estimate of drug-likeness (QED) is 0.332. The number of rotatable bonds is 15. The lowest BCUT2D eigenvalue weighted by Gasteiger charge is -2.06. The lowest BCUT2D eigenvalue weighted by atomic mass is 10.1. The summed E-state index contributed by atoms with van der Waals surface area (Å²) in [6.45, 7) is 10.0. The van der Waals surface area contributed by atoms with Crippen molar-refractivity contribution in [3.8, 4) is 0 Å². The van der Waals surface area contributed by atoms with Crippen LogP contribution in [-0.2, 0) is 19.1 Å². The number of Topliss-reactive ketones (excluding diaryl/α,β-unsaturated/α-hetero) is 2. The Bertz CT molecular complexity index is 277. The third kappa shape index (κ3) is 13.6. The predicted molar refractivity (Wildman–Crippen MR) is 95.5 cm³/mol. The fourth-order valence-electron chi connectivity index (χ4n) is 1.43. The van der Waals surface area contributed by atoms with Gasteiger partial charge in [-0.05, 0) is 0 Å². The molecule has 0 aromatic carbocycles. The fraction of sp³-hybridized carbons (Fsp3) is 0.875. The van der Waals surface area contributed by atoms with Gasteiger partial charge in [-0.1, -0.05) is 49.3 Å². The first kappa shape index (κ1) is 22.0. The summed E-state index contributed by atoms with van der Waals surface area (Å²) in [6, 6.07) is 0. The van der Waals surface area contributed by atoms with E-state index in [4.69, 9.17) is 9.47 Å². The fourth-order valence-corrected chi connectivity index (χ4v) is 3.15. The van der Waals surface area contributed by atoms with Crippen molar-refractivity contribution in [2.75, 3.05) is 37.9 Å². The summed E-state index contributed by atoms with van der Waals surface area (Å²) in [7, 11) is 3.49. The van der Waals surface area contributed by atoms with Crippen molar-refractivity contribution in [1.82, 2.24) is 0 Å². The first-order valence-electron chi connectivity index (χ1n) is 7.90. The van der Waals surface area contributed by atoms with Crippen molar-refractivity contribution >= 4 is 33.2 Å². The van der Waals surface area contributed by atoms with Crippen LogP contribution in [0.1, 0.15) is 40.5 Å². The zero-order valence-electron chi connectivity index (χ0n) is 14.3. The van der Waals surface area contributed by atoms with Crippen molar-refractivity contribution < 1.29 is 19.1 Å². The largest absolute Gasteiger partial charge is 0.380 e. The molecule has 0 unspecified atom stereocenters. The second kappa shape index (κ2) is 14.5. The molecule has 22 heavy (non-hydrogen) atoms. The Morgan fingerprint density at radius 2 is 1.09 bits per heavy atom. The molecule has 0 aliphatic heterocycles. The zero-order valence-corrected chi connectivity index (χ0v) is 15.9. The molecule has 130 valence electrons. The number of ketones is 2. The Hall–Kier alpha value is -0.0400. The number of ether oxygens (including phenoxy) is 2. The molecule has 0 bridgehead atoms. The molecule has 0 N–H and O–H groups in total. The summed E-state index contributed by atoms with van der Waals surface area (Å²) >= 11 is 0. The molecule has 0 saturated heterocycles. The Balaban J connectivity index is 3.18.